The first-order valence-electron chi connectivity index (χ1n) is 3.22. The smallest absolute Gasteiger partial charge is 0.122 e. The van der Waals surface area contributed by atoms with Gasteiger partial charge in [0, 0.05) is 6.42 Å². The summed E-state index contributed by atoms with van der Waals surface area (Å²) < 4.78 is 0. The summed E-state index contributed by atoms with van der Waals surface area (Å²) in [5.41, 5.74) is 0. The van der Waals surface area contributed by atoms with Crippen LogP contribution in [0.2, 0.25) is 0 Å². The second-order valence-corrected chi connectivity index (χ2v) is 2.21. The molecule has 66 valence electrons. The molecular formula is C6H12O5. The molecule has 0 fully saturated rings. The molecule has 0 saturated carbocycles. The Balaban J connectivity index is 3.79. The Morgan fingerprint density at radius 1 is 1.18 bits per heavy atom. The van der Waals surface area contributed by atoms with Crippen LogP contribution in [-0.2, 0) is 4.79 Å². The van der Waals surface area contributed by atoms with Crippen molar-refractivity contribution in [3.05, 3.63) is 0 Å². The van der Waals surface area contributed by atoms with E-state index in [0.29, 0.717) is 6.29 Å². The van der Waals surface area contributed by atoms with Crippen LogP contribution < -0.4 is 0 Å². The summed E-state index contributed by atoms with van der Waals surface area (Å²) in [5, 5.41) is 34.8. The molecule has 0 aliphatic carbocycles. The number of aliphatic hydroxyl groups excluding tert-OH is 4. The van der Waals surface area contributed by atoms with Crippen molar-refractivity contribution in [2.24, 2.45) is 0 Å². The Bertz CT molecular complexity index is 116. The fourth-order valence-electron chi connectivity index (χ4n) is 0.602. The van der Waals surface area contributed by atoms with Gasteiger partial charge in [-0.25, -0.2) is 0 Å². The fourth-order valence-corrected chi connectivity index (χ4v) is 0.602. The van der Waals surface area contributed by atoms with Crippen molar-refractivity contribution in [1.29, 1.82) is 0 Å². The highest BCUT2D eigenvalue weighted by Gasteiger charge is 2.23. The Morgan fingerprint density at radius 3 is 2.09 bits per heavy atom. The molecule has 4 N–H and O–H groups in total. The zero-order valence-corrected chi connectivity index (χ0v) is 5.92. The molecule has 5 nitrogen and oxygen atoms in total. The molecule has 11 heavy (non-hydrogen) atoms. The van der Waals surface area contributed by atoms with E-state index in [1.807, 2.05) is 0 Å². The highest BCUT2D eigenvalue weighted by Crippen LogP contribution is 2.01. The number of carbonyl (C=O) groups excluding carboxylic acids is 1. The highest BCUT2D eigenvalue weighted by atomic mass is 16.4. The number of hydrogen-bond acceptors (Lipinski definition) is 5. The number of hydrogen-bond donors (Lipinski definition) is 4. The van der Waals surface area contributed by atoms with Gasteiger partial charge in [0.15, 0.2) is 0 Å². The Morgan fingerprint density at radius 2 is 1.73 bits per heavy atom. The molecule has 0 rings (SSSR count). The standard InChI is InChI=1S/C6H12O5/c7-2-1-4(9)6(11)5(10)3-8/h2,4-6,8-11H,1,3H2/t4-,5-,6+/m1/s1/i2+2. The lowest BCUT2D eigenvalue weighted by Crippen LogP contribution is -2.39. The van der Waals surface area contributed by atoms with E-state index in [1.54, 1.807) is 0 Å². The third-order valence-electron chi connectivity index (χ3n) is 1.31. The van der Waals surface area contributed by atoms with E-state index in [4.69, 9.17) is 20.4 Å². The maximum Gasteiger partial charge on any atom is 0.122 e. The molecule has 0 spiro atoms. The first kappa shape index (κ1) is 10.5. The zero-order valence-electron chi connectivity index (χ0n) is 5.92. The van der Waals surface area contributed by atoms with Gasteiger partial charge >= 0.3 is 0 Å². The van der Waals surface area contributed by atoms with Crippen LogP contribution in [0, 0.1) is 0 Å². The summed E-state index contributed by atoms with van der Waals surface area (Å²) >= 11 is 0. The highest BCUT2D eigenvalue weighted by molar-refractivity contribution is 5.50. The van der Waals surface area contributed by atoms with Crippen LogP contribution in [0.5, 0.6) is 0 Å². The lowest BCUT2D eigenvalue weighted by atomic mass is 10.1. The minimum absolute atomic E-state index is 0.252. The summed E-state index contributed by atoms with van der Waals surface area (Å²) in [6, 6.07) is 0. The molecule has 5 heteroatoms. The van der Waals surface area contributed by atoms with Gasteiger partial charge in [-0.3, -0.25) is 0 Å². The zero-order chi connectivity index (χ0) is 8.85. The van der Waals surface area contributed by atoms with E-state index >= 15 is 0 Å². The summed E-state index contributed by atoms with van der Waals surface area (Å²) in [6.07, 6.45) is -4.00. The van der Waals surface area contributed by atoms with Gasteiger partial charge in [0.2, 0.25) is 0 Å². The van der Waals surface area contributed by atoms with Crippen molar-refractivity contribution in [1.82, 2.24) is 0 Å². The van der Waals surface area contributed by atoms with E-state index < -0.39 is 24.9 Å². The SMILES string of the molecule is O=[14CH]C[C@@H](O)[C@H](O)[C@H](O)CO. The monoisotopic (exact) mass is 166 g/mol. The van der Waals surface area contributed by atoms with E-state index in [2.05, 4.69) is 0 Å². The number of carbonyl (C=O) groups is 1. The maximum absolute atomic E-state index is 9.82. The first-order chi connectivity index (χ1) is 5.13. The van der Waals surface area contributed by atoms with Gasteiger partial charge in [-0.05, 0) is 0 Å². The summed E-state index contributed by atoms with van der Waals surface area (Å²) in [4.78, 5) is 9.82. The molecule has 0 saturated heterocycles. The van der Waals surface area contributed by atoms with E-state index in [-0.39, 0.29) is 6.42 Å². The normalized spacial score (nSPS) is 18.9. The second kappa shape index (κ2) is 5.20. The van der Waals surface area contributed by atoms with Crippen LogP contribution in [-0.4, -0.2) is 51.6 Å². The van der Waals surface area contributed by atoms with E-state index in [1.165, 1.54) is 0 Å². The quantitative estimate of drug-likeness (QED) is 0.343. The minimum atomic E-state index is -1.47. The van der Waals surface area contributed by atoms with Gasteiger partial charge in [-0.1, -0.05) is 0 Å². The lowest BCUT2D eigenvalue weighted by molar-refractivity contribution is -0.115. The number of rotatable bonds is 5. The van der Waals surface area contributed by atoms with Crippen LogP contribution >= 0.6 is 0 Å². The topological polar surface area (TPSA) is 98.0 Å². The largest absolute Gasteiger partial charge is 0.394 e. The Labute approximate surface area is 63.9 Å². The number of aliphatic hydroxyl groups is 4. The molecule has 0 aromatic rings. The van der Waals surface area contributed by atoms with Crippen molar-refractivity contribution in [3.8, 4) is 0 Å². The van der Waals surface area contributed by atoms with Gasteiger partial charge in [-0.2, -0.15) is 0 Å². The average Bonchev–Trinajstić information content (AvgIpc) is 2.02. The molecule has 3 atom stereocenters. The van der Waals surface area contributed by atoms with Crippen LogP contribution in [0.1, 0.15) is 6.42 Å². The third-order valence-corrected chi connectivity index (χ3v) is 1.31. The van der Waals surface area contributed by atoms with E-state index in [9.17, 15) is 4.79 Å². The molecule has 0 unspecified atom stereocenters. The average molecular weight is 166 g/mol. The molecule has 0 heterocycles. The summed E-state index contributed by atoms with van der Waals surface area (Å²) in [6.45, 7) is -0.642. The van der Waals surface area contributed by atoms with Crippen LogP contribution in [0.3, 0.4) is 0 Å². The third kappa shape index (κ3) is 3.43. The van der Waals surface area contributed by atoms with Gasteiger partial charge in [0.25, 0.3) is 0 Å². The van der Waals surface area contributed by atoms with Crippen LogP contribution in [0.15, 0.2) is 0 Å². The van der Waals surface area contributed by atoms with Gasteiger partial charge in [-0.15, -0.1) is 0 Å². The molecule has 0 bridgehead atoms. The van der Waals surface area contributed by atoms with Crippen molar-refractivity contribution < 1.29 is 25.2 Å². The molecule has 0 aromatic heterocycles. The van der Waals surface area contributed by atoms with Crippen molar-refractivity contribution in [2.75, 3.05) is 6.61 Å². The number of aldehydes is 1. The molecule has 0 radical (unpaired) electrons. The molecule has 0 aliphatic rings. The Kier molecular flexibility index (Phi) is 4.97. The predicted molar refractivity (Wildman–Crippen MR) is 35.8 cm³/mol. The second-order valence-electron chi connectivity index (χ2n) is 2.21. The fraction of sp³-hybridized carbons (Fsp3) is 0.833. The van der Waals surface area contributed by atoms with Gasteiger partial charge in [0.1, 0.15) is 18.5 Å². The molecule has 0 aliphatic heterocycles. The first-order valence-corrected chi connectivity index (χ1v) is 3.22. The predicted octanol–water partition coefficient (Wildman–Crippen LogP) is -2.35. The van der Waals surface area contributed by atoms with Crippen molar-refractivity contribution >= 4 is 6.29 Å². The molecule has 0 amide bonds. The summed E-state index contributed by atoms with van der Waals surface area (Å²) in [7, 11) is 0. The molecular weight excluding hydrogens is 154 g/mol. The molecule has 0 aromatic carbocycles. The minimum Gasteiger partial charge on any atom is -0.394 e. The van der Waals surface area contributed by atoms with Gasteiger partial charge < -0.3 is 25.2 Å². The van der Waals surface area contributed by atoms with Crippen LogP contribution in [0.25, 0.3) is 0 Å². The lowest BCUT2D eigenvalue weighted by Gasteiger charge is -2.19. The summed E-state index contributed by atoms with van der Waals surface area (Å²) in [5.74, 6) is 0. The van der Waals surface area contributed by atoms with E-state index in [0.717, 1.165) is 0 Å². The van der Waals surface area contributed by atoms with Crippen LogP contribution in [0.4, 0.5) is 0 Å². The Hall–Kier alpha value is -0.490. The van der Waals surface area contributed by atoms with Crippen molar-refractivity contribution in [3.63, 3.8) is 0 Å². The van der Waals surface area contributed by atoms with Crippen molar-refractivity contribution in [2.45, 2.75) is 24.7 Å². The maximum atomic E-state index is 9.82. The van der Waals surface area contributed by atoms with Gasteiger partial charge in [0.05, 0.1) is 12.7 Å².